The summed E-state index contributed by atoms with van der Waals surface area (Å²) in [6.07, 6.45) is 12.6. The van der Waals surface area contributed by atoms with E-state index in [9.17, 15) is 0 Å². The molecule has 0 amide bonds. The lowest BCUT2D eigenvalue weighted by Gasteiger charge is -2.40. The average molecular weight is 285 g/mol. The lowest BCUT2D eigenvalue weighted by atomic mass is 9.77. The van der Waals surface area contributed by atoms with Crippen LogP contribution in [0.2, 0.25) is 0 Å². The molecule has 21 heavy (non-hydrogen) atoms. The third-order valence-corrected chi connectivity index (χ3v) is 5.86. The van der Waals surface area contributed by atoms with E-state index in [4.69, 9.17) is 0 Å². The number of hydrogen-bond acceptors (Lipinski definition) is 1. The smallest absolute Gasteiger partial charge is 0.0138 e. The summed E-state index contributed by atoms with van der Waals surface area (Å²) in [6, 6.07) is 12.7. The van der Waals surface area contributed by atoms with E-state index in [1.165, 1.54) is 57.8 Å². The molecule has 0 heterocycles. The predicted molar refractivity (Wildman–Crippen MR) is 90.6 cm³/mol. The molecule has 1 aromatic carbocycles. The molecule has 1 aromatic rings. The summed E-state index contributed by atoms with van der Waals surface area (Å²) in [6.45, 7) is 2.38. The van der Waals surface area contributed by atoms with Gasteiger partial charge in [-0.3, -0.25) is 0 Å². The highest BCUT2D eigenvalue weighted by Gasteiger charge is 2.31. The van der Waals surface area contributed by atoms with Crippen LogP contribution in [-0.4, -0.2) is 12.1 Å². The van der Waals surface area contributed by atoms with Crippen molar-refractivity contribution in [2.75, 3.05) is 0 Å². The minimum atomic E-state index is 0.707. The quantitative estimate of drug-likeness (QED) is 0.794. The monoisotopic (exact) mass is 285 g/mol. The van der Waals surface area contributed by atoms with Crippen LogP contribution >= 0.6 is 0 Å². The van der Waals surface area contributed by atoms with E-state index >= 15 is 0 Å². The second-order valence-corrected chi connectivity index (χ2v) is 7.13. The third kappa shape index (κ3) is 3.69. The van der Waals surface area contributed by atoms with Gasteiger partial charge in [-0.05, 0) is 43.1 Å². The van der Waals surface area contributed by atoms with Crippen molar-refractivity contribution in [2.24, 2.45) is 5.92 Å². The highest BCUT2D eigenvalue weighted by atomic mass is 15.0. The Hall–Kier alpha value is -0.820. The number of rotatable bonds is 4. The molecule has 1 nitrogen and oxygen atoms in total. The van der Waals surface area contributed by atoms with Gasteiger partial charge in [0.1, 0.15) is 0 Å². The fourth-order valence-corrected chi connectivity index (χ4v) is 4.62. The van der Waals surface area contributed by atoms with Crippen molar-refractivity contribution in [2.45, 2.75) is 82.7 Å². The maximum absolute atomic E-state index is 4.11. The Balaban J connectivity index is 1.69. The van der Waals surface area contributed by atoms with Gasteiger partial charge >= 0.3 is 0 Å². The molecule has 3 rings (SSSR count). The molecule has 1 heteroatoms. The van der Waals surface area contributed by atoms with Crippen LogP contribution in [0.4, 0.5) is 0 Å². The van der Waals surface area contributed by atoms with Gasteiger partial charge < -0.3 is 5.32 Å². The highest BCUT2D eigenvalue weighted by molar-refractivity contribution is 5.22. The standard InChI is InChI=1S/C20H31N/c1-2-16-10-6-8-14-19(16)21-20-15-9-7-13-18(20)17-11-4-3-5-12-17/h3-5,11-12,16,18-21H,2,6-10,13-15H2,1H3. The van der Waals surface area contributed by atoms with Gasteiger partial charge in [0.05, 0.1) is 0 Å². The largest absolute Gasteiger partial charge is 0.310 e. The third-order valence-electron chi connectivity index (χ3n) is 5.86. The Morgan fingerprint density at radius 1 is 0.857 bits per heavy atom. The molecule has 0 spiro atoms. The maximum Gasteiger partial charge on any atom is 0.0138 e. The Bertz CT molecular complexity index is 413. The van der Waals surface area contributed by atoms with Crippen LogP contribution in [0.25, 0.3) is 0 Å². The molecule has 0 bridgehead atoms. The Morgan fingerprint density at radius 3 is 2.29 bits per heavy atom. The van der Waals surface area contributed by atoms with Crippen LogP contribution in [0.5, 0.6) is 0 Å². The van der Waals surface area contributed by atoms with Crippen molar-refractivity contribution >= 4 is 0 Å². The van der Waals surface area contributed by atoms with Gasteiger partial charge in [-0.15, -0.1) is 0 Å². The van der Waals surface area contributed by atoms with Gasteiger partial charge in [0.2, 0.25) is 0 Å². The van der Waals surface area contributed by atoms with Crippen LogP contribution < -0.4 is 5.32 Å². The van der Waals surface area contributed by atoms with Gasteiger partial charge in [-0.25, -0.2) is 0 Å². The molecule has 0 saturated heterocycles. The van der Waals surface area contributed by atoms with Crippen molar-refractivity contribution in [1.82, 2.24) is 5.32 Å². The second-order valence-electron chi connectivity index (χ2n) is 7.13. The molecule has 2 aliphatic rings. The van der Waals surface area contributed by atoms with Crippen LogP contribution in [0.15, 0.2) is 30.3 Å². The fraction of sp³-hybridized carbons (Fsp3) is 0.700. The first-order chi connectivity index (χ1) is 10.4. The Labute approximate surface area is 130 Å². The average Bonchev–Trinajstić information content (AvgIpc) is 2.57. The summed E-state index contributed by atoms with van der Waals surface area (Å²) in [5.74, 6) is 1.65. The normalized spacial score (nSPS) is 33.8. The summed E-state index contributed by atoms with van der Waals surface area (Å²) >= 11 is 0. The van der Waals surface area contributed by atoms with Crippen LogP contribution in [0, 0.1) is 5.92 Å². The minimum absolute atomic E-state index is 0.707. The molecule has 0 radical (unpaired) electrons. The van der Waals surface area contributed by atoms with E-state index in [1.54, 1.807) is 5.56 Å². The molecular weight excluding hydrogens is 254 g/mol. The molecule has 4 unspecified atom stereocenters. The maximum atomic E-state index is 4.11. The molecule has 0 aromatic heterocycles. The van der Waals surface area contributed by atoms with Crippen LogP contribution in [0.1, 0.15) is 76.2 Å². The number of benzene rings is 1. The minimum Gasteiger partial charge on any atom is -0.310 e. The molecule has 0 aliphatic heterocycles. The first-order valence-electron chi connectivity index (χ1n) is 9.19. The van der Waals surface area contributed by atoms with E-state index in [-0.39, 0.29) is 0 Å². The topological polar surface area (TPSA) is 12.0 Å². The van der Waals surface area contributed by atoms with Crippen molar-refractivity contribution < 1.29 is 0 Å². The zero-order valence-corrected chi connectivity index (χ0v) is 13.6. The van der Waals surface area contributed by atoms with Crippen LogP contribution in [-0.2, 0) is 0 Å². The number of hydrogen-bond donors (Lipinski definition) is 1. The summed E-state index contributed by atoms with van der Waals surface area (Å²) < 4.78 is 0. The zero-order valence-electron chi connectivity index (χ0n) is 13.6. The van der Waals surface area contributed by atoms with E-state index < -0.39 is 0 Å². The van der Waals surface area contributed by atoms with Crippen molar-refractivity contribution in [3.63, 3.8) is 0 Å². The van der Waals surface area contributed by atoms with E-state index in [0.717, 1.165) is 17.9 Å². The lowest BCUT2D eigenvalue weighted by Crippen LogP contribution is -2.47. The van der Waals surface area contributed by atoms with Gasteiger partial charge in [-0.1, -0.05) is 69.4 Å². The SMILES string of the molecule is CCC1CCCCC1NC1CCCCC1c1ccccc1. The zero-order chi connectivity index (χ0) is 14.5. The summed E-state index contributed by atoms with van der Waals surface area (Å²) in [4.78, 5) is 0. The van der Waals surface area contributed by atoms with Crippen LogP contribution in [0.3, 0.4) is 0 Å². The van der Waals surface area contributed by atoms with Gasteiger partial charge in [0.15, 0.2) is 0 Å². The fourth-order valence-electron chi connectivity index (χ4n) is 4.62. The summed E-state index contributed by atoms with van der Waals surface area (Å²) in [5.41, 5.74) is 1.55. The first-order valence-corrected chi connectivity index (χ1v) is 9.19. The molecule has 2 aliphatic carbocycles. The molecule has 4 atom stereocenters. The van der Waals surface area contributed by atoms with E-state index in [1.807, 2.05) is 0 Å². The molecule has 1 N–H and O–H groups in total. The van der Waals surface area contributed by atoms with Gasteiger partial charge in [-0.2, -0.15) is 0 Å². The van der Waals surface area contributed by atoms with Crippen molar-refractivity contribution in [3.8, 4) is 0 Å². The molecular formula is C20H31N. The van der Waals surface area contributed by atoms with Crippen molar-refractivity contribution in [3.05, 3.63) is 35.9 Å². The molecule has 2 saturated carbocycles. The highest BCUT2D eigenvalue weighted by Crippen LogP contribution is 2.35. The van der Waals surface area contributed by atoms with Crippen molar-refractivity contribution in [1.29, 1.82) is 0 Å². The Morgan fingerprint density at radius 2 is 1.52 bits per heavy atom. The Kier molecular flexibility index (Phi) is 5.35. The van der Waals surface area contributed by atoms with E-state index in [0.29, 0.717) is 6.04 Å². The molecule has 2 fully saturated rings. The number of nitrogens with one attached hydrogen (secondary N) is 1. The van der Waals surface area contributed by atoms with Gasteiger partial charge in [0, 0.05) is 12.1 Å². The molecule has 116 valence electrons. The first kappa shape index (κ1) is 15.1. The lowest BCUT2D eigenvalue weighted by molar-refractivity contribution is 0.205. The van der Waals surface area contributed by atoms with E-state index in [2.05, 4.69) is 42.6 Å². The predicted octanol–water partition coefficient (Wildman–Crippen LogP) is 5.27. The second kappa shape index (κ2) is 7.45. The summed E-state index contributed by atoms with van der Waals surface area (Å²) in [5, 5.41) is 4.11. The summed E-state index contributed by atoms with van der Waals surface area (Å²) in [7, 11) is 0. The van der Waals surface area contributed by atoms with Gasteiger partial charge in [0.25, 0.3) is 0 Å².